The molecule has 2 rings (SSSR count). The normalized spacial score (nSPS) is 10.5. The molecule has 0 spiro atoms. The van der Waals surface area contributed by atoms with E-state index in [4.69, 9.17) is 9.84 Å². The van der Waals surface area contributed by atoms with Crippen molar-refractivity contribution in [2.24, 2.45) is 0 Å². The van der Waals surface area contributed by atoms with E-state index in [2.05, 4.69) is 16.5 Å². The van der Waals surface area contributed by atoms with E-state index in [0.717, 1.165) is 31.6 Å². The average molecular weight is 288 g/mol. The molecular weight excluding hydrogens is 268 g/mol. The van der Waals surface area contributed by atoms with Crippen molar-refractivity contribution in [2.75, 3.05) is 6.61 Å². The molecule has 0 fully saturated rings. The highest BCUT2D eigenvalue weighted by atomic mass is 16.5. The van der Waals surface area contributed by atoms with Crippen LogP contribution in [0, 0.1) is 0 Å². The van der Waals surface area contributed by atoms with Crippen LogP contribution in [-0.2, 0) is 13.0 Å². The lowest BCUT2D eigenvalue weighted by Gasteiger charge is -2.10. The van der Waals surface area contributed by atoms with Crippen LogP contribution in [0.2, 0.25) is 0 Å². The molecule has 0 aliphatic carbocycles. The van der Waals surface area contributed by atoms with Crippen molar-refractivity contribution in [2.45, 2.75) is 32.7 Å². The van der Waals surface area contributed by atoms with Crippen molar-refractivity contribution in [3.05, 3.63) is 48.0 Å². The van der Waals surface area contributed by atoms with E-state index in [-0.39, 0.29) is 5.56 Å². The van der Waals surface area contributed by atoms with Crippen LogP contribution >= 0.6 is 0 Å². The van der Waals surface area contributed by atoms with Crippen molar-refractivity contribution in [3.63, 3.8) is 0 Å². The number of aromatic carboxylic acids is 1. The van der Waals surface area contributed by atoms with E-state index in [1.54, 1.807) is 24.3 Å². The summed E-state index contributed by atoms with van der Waals surface area (Å²) in [6.45, 7) is 3.43. The number of aromatic nitrogens is 2. The summed E-state index contributed by atoms with van der Waals surface area (Å²) >= 11 is 0. The second kappa shape index (κ2) is 7.47. The first-order chi connectivity index (χ1) is 10.2. The number of carboxylic acid groups (broad SMARTS) is 1. The number of hydrogen-bond acceptors (Lipinski definition) is 3. The predicted molar refractivity (Wildman–Crippen MR) is 79.7 cm³/mol. The molecule has 2 aromatic rings. The number of carboxylic acids is 1. The van der Waals surface area contributed by atoms with Gasteiger partial charge in [-0.2, -0.15) is 0 Å². The smallest absolute Gasteiger partial charge is 0.339 e. The molecule has 0 saturated carbocycles. The fraction of sp³-hybridized carbons (Fsp3) is 0.375. The molecule has 0 aliphatic rings. The van der Waals surface area contributed by atoms with Crippen molar-refractivity contribution < 1.29 is 14.6 Å². The maximum absolute atomic E-state index is 11.1. The van der Waals surface area contributed by atoms with Crippen LogP contribution in [-0.4, -0.2) is 27.2 Å². The monoisotopic (exact) mass is 288 g/mol. The van der Waals surface area contributed by atoms with Gasteiger partial charge in [0.25, 0.3) is 0 Å². The Balaban J connectivity index is 1.85. The average Bonchev–Trinajstić information content (AvgIpc) is 2.92. The van der Waals surface area contributed by atoms with Crippen LogP contribution in [0.4, 0.5) is 0 Å². The van der Waals surface area contributed by atoms with Gasteiger partial charge in [-0.15, -0.1) is 0 Å². The Morgan fingerprint density at radius 2 is 2.19 bits per heavy atom. The Kier molecular flexibility index (Phi) is 5.37. The first kappa shape index (κ1) is 15.1. The quantitative estimate of drug-likeness (QED) is 0.758. The zero-order valence-electron chi connectivity index (χ0n) is 12.2. The number of benzene rings is 1. The van der Waals surface area contributed by atoms with Crippen molar-refractivity contribution in [1.82, 2.24) is 9.55 Å². The van der Waals surface area contributed by atoms with Gasteiger partial charge in [0, 0.05) is 25.4 Å². The van der Waals surface area contributed by atoms with Crippen LogP contribution in [0.25, 0.3) is 0 Å². The van der Waals surface area contributed by atoms with Gasteiger partial charge >= 0.3 is 5.97 Å². The first-order valence-electron chi connectivity index (χ1n) is 7.17. The molecule has 1 aromatic carbocycles. The third-order valence-corrected chi connectivity index (χ3v) is 3.19. The first-order valence-corrected chi connectivity index (χ1v) is 7.17. The minimum atomic E-state index is -0.967. The van der Waals surface area contributed by atoms with Gasteiger partial charge in [0.15, 0.2) is 0 Å². The van der Waals surface area contributed by atoms with Gasteiger partial charge in [0.1, 0.15) is 17.1 Å². The van der Waals surface area contributed by atoms with E-state index >= 15 is 0 Å². The van der Waals surface area contributed by atoms with Gasteiger partial charge in [-0.1, -0.05) is 19.1 Å². The minimum Gasteiger partial charge on any atom is -0.493 e. The van der Waals surface area contributed by atoms with E-state index in [1.807, 2.05) is 12.4 Å². The summed E-state index contributed by atoms with van der Waals surface area (Å²) in [6.07, 6.45) is 6.62. The lowest BCUT2D eigenvalue weighted by Crippen LogP contribution is -2.09. The Labute approximate surface area is 124 Å². The SMILES string of the molecule is CCCc1nccn1CCCOc1ccccc1C(=O)O. The fourth-order valence-electron chi connectivity index (χ4n) is 2.18. The molecule has 1 aromatic heterocycles. The molecule has 0 atom stereocenters. The molecule has 0 radical (unpaired) electrons. The Hall–Kier alpha value is -2.30. The lowest BCUT2D eigenvalue weighted by atomic mass is 10.2. The van der Waals surface area contributed by atoms with Gasteiger partial charge in [-0.3, -0.25) is 0 Å². The standard InChI is InChI=1S/C16H20N2O3/c1-2-6-15-17-9-11-18(15)10-5-12-21-14-8-4-3-7-13(14)16(19)20/h3-4,7-9,11H,2,5-6,10,12H2,1H3,(H,19,20). The number of imidazole rings is 1. The fourth-order valence-corrected chi connectivity index (χ4v) is 2.18. The molecule has 0 saturated heterocycles. The molecular formula is C16H20N2O3. The molecule has 0 amide bonds. The number of hydrogen-bond donors (Lipinski definition) is 1. The summed E-state index contributed by atoms with van der Waals surface area (Å²) in [5.74, 6) is 0.540. The van der Waals surface area contributed by atoms with Gasteiger partial charge in [-0.25, -0.2) is 9.78 Å². The van der Waals surface area contributed by atoms with Gasteiger partial charge in [-0.05, 0) is 25.0 Å². The second-order valence-corrected chi connectivity index (χ2v) is 4.79. The molecule has 0 unspecified atom stereocenters. The van der Waals surface area contributed by atoms with E-state index in [1.165, 1.54) is 0 Å². The Morgan fingerprint density at radius 3 is 2.95 bits per heavy atom. The van der Waals surface area contributed by atoms with Crippen LogP contribution in [0.15, 0.2) is 36.7 Å². The number of para-hydroxylation sites is 1. The summed E-state index contributed by atoms with van der Waals surface area (Å²) in [5.41, 5.74) is 0.201. The van der Waals surface area contributed by atoms with E-state index in [9.17, 15) is 4.79 Å². The van der Waals surface area contributed by atoms with Crippen LogP contribution in [0.1, 0.15) is 35.9 Å². The molecule has 5 nitrogen and oxygen atoms in total. The molecule has 0 aliphatic heterocycles. The molecule has 0 bridgehead atoms. The Morgan fingerprint density at radius 1 is 1.38 bits per heavy atom. The lowest BCUT2D eigenvalue weighted by molar-refractivity contribution is 0.0692. The van der Waals surface area contributed by atoms with Crippen molar-refractivity contribution in [1.29, 1.82) is 0 Å². The maximum Gasteiger partial charge on any atom is 0.339 e. The number of carbonyl (C=O) groups is 1. The zero-order chi connectivity index (χ0) is 15.1. The summed E-state index contributed by atoms with van der Waals surface area (Å²) < 4.78 is 7.70. The number of nitrogens with zero attached hydrogens (tertiary/aromatic N) is 2. The highest BCUT2D eigenvalue weighted by Crippen LogP contribution is 2.18. The number of aryl methyl sites for hydroxylation is 2. The highest BCUT2D eigenvalue weighted by Gasteiger charge is 2.09. The van der Waals surface area contributed by atoms with Crippen molar-refractivity contribution >= 4 is 5.97 Å². The second-order valence-electron chi connectivity index (χ2n) is 4.79. The minimum absolute atomic E-state index is 0.201. The van der Waals surface area contributed by atoms with E-state index in [0.29, 0.717) is 12.4 Å². The van der Waals surface area contributed by atoms with Gasteiger partial charge < -0.3 is 14.4 Å². The van der Waals surface area contributed by atoms with Gasteiger partial charge in [0.05, 0.1) is 6.61 Å². The van der Waals surface area contributed by atoms with Crippen LogP contribution in [0.3, 0.4) is 0 Å². The van der Waals surface area contributed by atoms with Crippen LogP contribution in [0.5, 0.6) is 5.75 Å². The number of rotatable bonds is 8. The Bertz CT molecular complexity index is 593. The van der Waals surface area contributed by atoms with Gasteiger partial charge in [0.2, 0.25) is 0 Å². The molecule has 21 heavy (non-hydrogen) atoms. The molecule has 1 heterocycles. The summed E-state index contributed by atoms with van der Waals surface area (Å²) in [7, 11) is 0. The maximum atomic E-state index is 11.1. The summed E-state index contributed by atoms with van der Waals surface area (Å²) in [6, 6.07) is 6.70. The third kappa shape index (κ3) is 4.08. The highest BCUT2D eigenvalue weighted by molar-refractivity contribution is 5.90. The third-order valence-electron chi connectivity index (χ3n) is 3.19. The summed E-state index contributed by atoms with van der Waals surface area (Å²) in [4.78, 5) is 15.4. The summed E-state index contributed by atoms with van der Waals surface area (Å²) in [5, 5.41) is 9.08. The molecule has 112 valence electrons. The molecule has 5 heteroatoms. The largest absolute Gasteiger partial charge is 0.493 e. The van der Waals surface area contributed by atoms with Crippen molar-refractivity contribution in [3.8, 4) is 5.75 Å². The molecule has 1 N–H and O–H groups in total. The van der Waals surface area contributed by atoms with Crippen LogP contribution < -0.4 is 4.74 Å². The predicted octanol–water partition coefficient (Wildman–Crippen LogP) is 3.00. The number of ether oxygens (including phenoxy) is 1. The van der Waals surface area contributed by atoms with E-state index < -0.39 is 5.97 Å². The zero-order valence-corrected chi connectivity index (χ0v) is 12.2. The topological polar surface area (TPSA) is 64.4 Å².